The number of aromatic nitrogens is 4. The Morgan fingerprint density at radius 3 is 2.77 bits per heavy atom. The summed E-state index contributed by atoms with van der Waals surface area (Å²) in [5, 5.41) is 4.73. The zero-order valence-electron chi connectivity index (χ0n) is 13.5. The fraction of sp³-hybridized carbons (Fsp3) is 0.588. The monoisotopic (exact) mass is 294 g/mol. The summed E-state index contributed by atoms with van der Waals surface area (Å²) in [6.45, 7) is 4.28. The lowest BCUT2D eigenvalue weighted by Gasteiger charge is -2.27. The average Bonchev–Trinajstić information content (AvgIpc) is 3.19. The number of hydrogen-bond donors (Lipinski definition) is 0. The van der Waals surface area contributed by atoms with Crippen molar-refractivity contribution in [3.8, 4) is 11.3 Å². The zero-order valence-corrected chi connectivity index (χ0v) is 13.5. The minimum Gasteiger partial charge on any atom is -0.267 e. The third-order valence-electron chi connectivity index (χ3n) is 4.96. The number of rotatable bonds is 5. The van der Waals surface area contributed by atoms with Crippen molar-refractivity contribution in [1.82, 2.24) is 19.7 Å². The molecule has 1 saturated carbocycles. The Hall–Kier alpha value is -1.65. The largest absolute Gasteiger partial charge is 0.267 e. The van der Waals surface area contributed by atoms with Crippen LogP contribution in [-0.2, 0) is 6.42 Å². The van der Waals surface area contributed by atoms with Crippen LogP contribution in [0.5, 0.6) is 0 Å². The molecular formula is C17H23BN4. The highest BCUT2D eigenvalue weighted by atomic mass is 15.3. The minimum atomic E-state index is 0.355. The van der Waals surface area contributed by atoms with Crippen LogP contribution in [0.2, 0.25) is 12.6 Å². The Labute approximate surface area is 132 Å². The fourth-order valence-electron chi connectivity index (χ4n) is 3.15. The van der Waals surface area contributed by atoms with Crippen LogP contribution >= 0.6 is 0 Å². The second-order valence-electron chi connectivity index (χ2n) is 7.14. The molecule has 0 aromatic carbocycles. The lowest BCUT2D eigenvalue weighted by atomic mass is 9.54. The van der Waals surface area contributed by atoms with Gasteiger partial charge < -0.3 is 0 Å². The van der Waals surface area contributed by atoms with Crippen LogP contribution < -0.4 is 0 Å². The lowest BCUT2D eigenvalue weighted by molar-refractivity contribution is 0.473. The van der Waals surface area contributed by atoms with E-state index in [2.05, 4.69) is 23.5 Å². The van der Waals surface area contributed by atoms with Gasteiger partial charge in [0.25, 0.3) is 0 Å². The molecule has 0 spiro atoms. The second-order valence-corrected chi connectivity index (χ2v) is 7.14. The molecule has 2 aromatic heterocycles. The van der Waals surface area contributed by atoms with Gasteiger partial charge in [-0.25, -0.2) is 9.97 Å². The van der Waals surface area contributed by atoms with E-state index in [1.807, 2.05) is 18.5 Å². The van der Waals surface area contributed by atoms with E-state index in [1.54, 1.807) is 0 Å². The van der Waals surface area contributed by atoms with Crippen molar-refractivity contribution in [1.29, 1.82) is 0 Å². The Morgan fingerprint density at radius 2 is 2.14 bits per heavy atom. The van der Waals surface area contributed by atoms with Gasteiger partial charge in [0.2, 0.25) is 0 Å². The van der Waals surface area contributed by atoms with Gasteiger partial charge in [0.15, 0.2) is 0 Å². The lowest BCUT2D eigenvalue weighted by Crippen LogP contribution is -2.24. The highest BCUT2D eigenvalue weighted by molar-refractivity contribution is 6.39. The highest BCUT2D eigenvalue weighted by Gasteiger charge is 2.30. The van der Waals surface area contributed by atoms with Gasteiger partial charge >= 0.3 is 0 Å². The van der Waals surface area contributed by atoms with Crippen molar-refractivity contribution in [2.45, 2.75) is 57.7 Å². The molecule has 0 atom stereocenters. The average molecular weight is 294 g/mol. The topological polar surface area (TPSA) is 43.6 Å². The van der Waals surface area contributed by atoms with E-state index in [9.17, 15) is 0 Å². The first-order valence-electron chi connectivity index (χ1n) is 8.62. The van der Waals surface area contributed by atoms with Crippen molar-refractivity contribution in [3.63, 3.8) is 0 Å². The normalized spacial score (nSPS) is 18.3. The molecule has 0 N–H and O–H groups in total. The molecule has 0 bridgehead atoms. The van der Waals surface area contributed by atoms with Crippen LogP contribution in [0.1, 0.15) is 50.2 Å². The van der Waals surface area contributed by atoms with Crippen LogP contribution in [0.15, 0.2) is 18.5 Å². The maximum atomic E-state index is 4.78. The summed E-state index contributed by atoms with van der Waals surface area (Å²) < 4.78 is 2.30. The van der Waals surface area contributed by atoms with E-state index >= 15 is 0 Å². The van der Waals surface area contributed by atoms with Gasteiger partial charge in [0, 0.05) is 29.4 Å². The van der Waals surface area contributed by atoms with E-state index in [4.69, 9.17) is 10.1 Å². The van der Waals surface area contributed by atoms with Gasteiger partial charge in [-0.15, -0.1) is 0 Å². The van der Waals surface area contributed by atoms with E-state index in [-0.39, 0.29) is 0 Å². The molecule has 3 heterocycles. The van der Waals surface area contributed by atoms with Crippen molar-refractivity contribution in [3.05, 3.63) is 30.0 Å². The fourth-order valence-corrected chi connectivity index (χ4v) is 3.15. The van der Waals surface area contributed by atoms with Gasteiger partial charge in [-0.2, -0.15) is 5.10 Å². The van der Waals surface area contributed by atoms with E-state index < -0.39 is 0 Å². The Bertz CT molecular complexity index is 671. The molecule has 22 heavy (non-hydrogen) atoms. The molecule has 1 saturated heterocycles. The summed E-state index contributed by atoms with van der Waals surface area (Å²) in [5.41, 5.74) is 3.67. The van der Waals surface area contributed by atoms with Crippen molar-refractivity contribution in [2.24, 2.45) is 5.92 Å². The summed E-state index contributed by atoms with van der Waals surface area (Å²) in [6, 6.07) is 2.65. The van der Waals surface area contributed by atoms with Gasteiger partial charge in [0.1, 0.15) is 13.1 Å². The van der Waals surface area contributed by atoms with Gasteiger partial charge in [-0.3, -0.25) is 4.68 Å². The van der Waals surface area contributed by atoms with E-state index in [0.717, 1.165) is 23.9 Å². The first-order chi connectivity index (χ1) is 10.7. The highest BCUT2D eigenvalue weighted by Crippen LogP contribution is 2.38. The molecule has 1 aliphatic carbocycles. The third kappa shape index (κ3) is 2.57. The zero-order chi connectivity index (χ0) is 15.1. The smallest absolute Gasteiger partial charge is 0.131 e. The predicted octanol–water partition coefficient (Wildman–Crippen LogP) is 3.24. The van der Waals surface area contributed by atoms with Crippen molar-refractivity contribution >= 4 is 7.28 Å². The van der Waals surface area contributed by atoms with Crippen LogP contribution in [0.3, 0.4) is 0 Å². The summed E-state index contributed by atoms with van der Waals surface area (Å²) in [4.78, 5) is 9.18. The molecule has 2 aromatic rings. The Balaban J connectivity index is 1.73. The van der Waals surface area contributed by atoms with Crippen molar-refractivity contribution in [2.75, 3.05) is 0 Å². The Kier molecular flexibility index (Phi) is 3.51. The van der Waals surface area contributed by atoms with Gasteiger partial charge in [-0.1, -0.05) is 26.5 Å². The molecule has 114 valence electrons. The molecule has 4 nitrogen and oxygen atoms in total. The van der Waals surface area contributed by atoms with Crippen LogP contribution in [0.25, 0.3) is 11.3 Å². The molecule has 0 radical (unpaired) electrons. The standard InChI is InChI=1S/C17H23BN4/c1-11(2)17-19-6-5-15(21-17)14-10-20-22(13-8-18-9-13)16(14)7-12-3-4-12/h5-6,10-13,18H,3-4,7-9H2,1-2H3. The quantitative estimate of drug-likeness (QED) is 0.795. The van der Waals surface area contributed by atoms with Crippen LogP contribution in [0.4, 0.5) is 0 Å². The summed E-state index contributed by atoms with van der Waals surface area (Å²) in [7, 11) is 1.34. The molecule has 2 fully saturated rings. The molecule has 2 aliphatic rings. The van der Waals surface area contributed by atoms with Crippen LogP contribution in [-0.4, -0.2) is 27.0 Å². The third-order valence-corrected chi connectivity index (χ3v) is 4.96. The Morgan fingerprint density at radius 1 is 1.32 bits per heavy atom. The van der Waals surface area contributed by atoms with Crippen molar-refractivity contribution < 1.29 is 0 Å². The molecule has 0 unspecified atom stereocenters. The molecule has 5 heteroatoms. The maximum Gasteiger partial charge on any atom is 0.131 e. The maximum absolute atomic E-state index is 4.78. The summed E-state index contributed by atoms with van der Waals surface area (Å²) >= 11 is 0. The molecule has 1 aliphatic heterocycles. The summed E-state index contributed by atoms with van der Waals surface area (Å²) in [5.74, 6) is 2.14. The molecule has 4 rings (SSSR count). The molecular weight excluding hydrogens is 271 g/mol. The predicted molar refractivity (Wildman–Crippen MR) is 89.6 cm³/mol. The summed E-state index contributed by atoms with van der Waals surface area (Å²) in [6.07, 6.45) is 10.4. The molecule has 0 amide bonds. The van der Waals surface area contributed by atoms with E-state index in [1.165, 1.54) is 44.0 Å². The van der Waals surface area contributed by atoms with Gasteiger partial charge in [0.05, 0.1) is 11.9 Å². The SMILES string of the molecule is CC(C)c1nccc(-c2cnn(C3CBC3)c2CC2CC2)n1. The number of nitrogens with zero attached hydrogens (tertiary/aromatic N) is 4. The first kappa shape index (κ1) is 14.0. The van der Waals surface area contributed by atoms with Crippen LogP contribution in [0, 0.1) is 5.92 Å². The number of hydrogen-bond acceptors (Lipinski definition) is 3. The second kappa shape index (κ2) is 5.52. The van der Waals surface area contributed by atoms with E-state index in [0.29, 0.717) is 12.0 Å². The van der Waals surface area contributed by atoms with Gasteiger partial charge in [-0.05, 0) is 31.2 Å². The first-order valence-corrected chi connectivity index (χ1v) is 8.62. The minimum absolute atomic E-state index is 0.355.